The van der Waals surface area contributed by atoms with Crippen LogP contribution in [0.25, 0.3) is 0 Å². The number of thiocarbonyl (C=S) groups is 1. The summed E-state index contributed by atoms with van der Waals surface area (Å²) in [6, 6.07) is 0. The summed E-state index contributed by atoms with van der Waals surface area (Å²) in [7, 11) is -3.68. The van der Waals surface area contributed by atoms with Crippen LogP contribution in [0.15, 0.2) is 4.34 Å². The minimum absolute atomic E-state index is 0.0795. The predicted octanol–water partition coefficient (Wildman–Crippen LogP) is 0.183. The second-order valence-electron chi connectivity index (χ2n) is 4.64. The van der Waals surface area contributed by atoms with Gasteiger partial charge in [0.05, 0.1) is 4.99 Å². The van der Waals surface area contributed by atoms with Crippen molar-refractivity contribution >= 4 is 49.6 Å². The molecule has 0 bridgehead atoms. The Morgan fingerprint density at radius 3 is 2.57 bits per heavy atom. The lowest BCUT2D eigenvalue weighted by atomic mass is 9.98. The van der Waals surface area contributed by atoms with Crippen LogP contribution in [0, 0.1) is 5.92 Å². The number of carbonyl (C=O) groups is 1. The number of rotatable bonds is 4. The van der Waals surface area contributed by atoms with E-state index in [2.05, 4.69) is 15.5 Å². The topological polar surface area (TPSA) is 118 Å². The molecule has 0 aromatic carbocycles. The molecule has 0 saturated carbocycles. The minimum Gasteiger partial charge on any atom is -0.393 e. The average Bonchev–Trinajstić information content (AvgIpc) is 2.87. The van der Waals surface area contributed by atoms with Gasteiger partial charge >= 0.3 is 0 Å². The molecule has 1 amide bonds. The molecule has 0 atom stereocenters. The smallest absolute Gasteiger partial charge is 0.272 e. The first-order chi connectivity index (χ1) is 9.80. The highest BCUT2D eigenvalue weighted by Gasteiger charge is 2.32. The molecule has 21 heavy (non-hydrogen) atoms. The van der Waals surface area contributed by atoms with Crippen LogP contribution >= 0.6 is 23.6 Å². The van der Waals surface area contributed by atoms with E-state index in [4.69, 9.17) is 18.0 Å². The van der Waals surface area contributed by atoms with Gasteiger partial charge in [-0.1, -0.05) is 23.6 Å². The van der Waals surface area contributed by atoms with Crippen molar-refractivity contribution in [2.45, 2.75) is 24.1 Å². The van der Waals surface area contributed by atoms with Gasteiger partial charge in [0.2, 0.25) is 15.4 Å². The SMILES string of the molecule is CC(=O)Nc1nnc(S(=O)(=O)N2CCC(C(N)=S)CC2)s1. The van der Waals surface area contributed by atoms with Gasteiger partial charge in [0.15, 0.2) is 0 Å². The van der Waals surface area contributed by atoms with E-state index in [1.54, 1.807) is 0 Å². The van der Waals surface area contributed by atoms with Crippen molar-refractivity contribution in [3.63, 3.8) is 0 Å². The van der Waals surface area contributed by atoms with Crippen LogP contribution in [-0.4, -0.2) is 46.9 Å². The van der Waals surface area contributed by atoms with Gasteiger partial charge in [-0.05, 0) is 12.8 Å². The van der Waals surface area contributed by atoms with Gasteiger partial charge in [-0.3, -0.25) is 4.79 Å². The number of nitrogens with zero attached hydrogens (tertiary/aromatic N) is 3. The van der Waals surface area contributed by atoms with Gasteiger partial charge in [0.25, 0.3) is 10.0 Å². The number of aromatic nitrogens is 2. The summed E-state index contributed by atoms with van der Waals surface area (Å²) in [6.45, 7) is 2.01. The molecule has 1 aliphatic rings. The van der Waals surface area contributed by atoms with Crippen LogP contribution in [0.3, 0.4) is 0 Å². The molecule has 0 spiro atoms. The lowest BCUT2D eigenvalue weighted by Gasteiger charge is -2.29. The molecule has 1 aromatic rings. The minimum atomic E-state index is -3.68. The van der Waals surface area contributed by atoms with Gasteiger partial charge in [0, 0.05) is 25.9 Å². The third kappa shape index (κ3) is 3.73. The molecule has 1 fully saturated rings. The maximum atomic E-state index is 12.4. The molecular formula is C10H15N5O3S3. The van der Waals surface area contributed by atoms with Crippen LogP contribution in [-0.2, 0) is 14.8 Å². The first kappa shape index (κ1) is 16.2. The van der Waals surface area contributed by atoms with Gasteiger partial charge in [0.1, 0.15) is 0 Å². The molecular weight excluding hydrogens is 334 g/mol. The van der Waals surface area contributed by atoms with E-state index in [1.807, 2.05) is 0 Å². The molecule has 1 saturated heterocycles. The van der Waals surface area contributed by atoms with Gasteiger partial charge in [-0.15, -0.1) is 10.2 Å². The van der Waals surface area contributed by atoms with Crippen molar-refractivity contribution < 1.29 is 13.2 Å². The molecule has 0 aliphatic carbocycles. The number of nitrogens with one attached hydrogen (secondary N) is 1. The Kier molecular flexibility index (Phi) is 4.86. The van der Waals surface area contributed by atoms with Crippen molar-refractivity contribution in [1.82, 2.24) is 14.5 Å². The van der Waals surface area contributed by atoms with Crippen LogP contribution < -0.4 is 11.1 Å². The number of carbonyl (C=O) groups excluding carboxylic acids is 1. The maximum Gasteiger partial charge on any atom is 0.272 e. The second-order valence-corrected chi connectivity index (χ2v) is 8.20. The zero-order valence-electron chi connectivity index (χ0n) is 11.3. The maximum absolute atomic E-state index is 12.4. The Hall–Kier alpha value is -1.17. The fourth-order valence-corrected chi connectivity index (χ4v) is 4.80. The summed E-state index contributed by atoms with van der Waals surface area (Å²) in [4.78, 5) is 11.3. The van der Waals surface area contributed by atoms with E-state index in [1.165, 1.54) is 11.2 Å². The molecule has 1 aromatic heterocycles. The zero-order valence-corrected chi connectivity index (χ0v) is 13.7. The molecule has 11 heteroatoms. The summed E-state index contributed by atoms with van der Waals surface area (Å²) >= 11 is 5.77. The number of nitrogens with two attached hydrogens (primary N) is 1. The summed E-state index contributed by atoms with van der Waals surface area (Å²) in [5.74, 6) is -0.247. The third-order valence-electron chi connectivity index (χ3n) is 3.11. The Balaban J connectivity index is 2.10. The highest BCUT2D eigenvalue weighted by molar-refractivity contribution is 7.91. The molecule has 0 radical (unpaired) electrons. The van der Waals surface area contributed by atoms with Gasteiger partial charge in [-0.2, -0.15) is 4.31 Å². The average molecular weight is 349 g/mol. The number of anilines is 1. The summed E-state index contributed by atoms with van der Waals surface area (Å²) in [5, 5.41) is 9.87. The van der Waals surface area contributed by atoms with E-state index < -0.39 is 10.0 Å². The van der Waals surface area contributed by atoms with E-state index in [0.29, 0.717) is 30.9 Å². The first-order valence-electron chi connectivity index (χ1n) is 6.21. The number of amides is 1. The summed E-state index contributed by atoms with van der Waals surface area (Å²) < 4.78 is 26.1. The van der Waals surface area contributed by atoms with Crippen LogP contribution in [0.4, 0.5) is 5.13 Å². The predicted molar refractivity (Wildman–Crippen MR) is 82.5 cm³/mol. The number of sulfonamides is 1. The lowest BCUT2D eigenvalue weighted by molar-refractivity contribution is -0.114. The Labute approximate surface area is 131 Å². The van der Waals surface area contributed by atoms with E-state index >= 15 is 0 Å². The number of hydrogen-bond donors (Lipinski definition) is 2. The van der Waals surface area contributed by atoms with Crippen molar-refractivity contribution in [1.29, 1.82) is 0 Å². The molecule has 8 nitrogen and oxygen atoms in total. The van der Waals surface area contributed by atoms with E-state index in [9.17, 15) is 13.2 Å². The Bertz CT molecular complexity index is 649. The quantitative estimate of drug-likeness (QED) is 0.588. The van der Waals surface area contributed by atoms with E-state index in [0.717, 1.165) is 11.3 Å². The number of hydrogen-bond acceptors (Lipinski definition) is 7. The molecule has 1 aliphatic heterocycles. The molecule has 0 unspecified atom stereocenters. The number of piperidine rings is 1. The largest absolute Gasteiger partial charge is 0.393 e. The summed E-state index contributed by atoms with van der Waals surface area (Å²) in [5.41, 5.74) is 5.59. The second kappa shape index (κ2) is 6.30. The van der Waals surface area contributed by atoms with Crippen molar-refractivity contribution in [2.75, 3.05) is 18.4 Å². The first-order valence-corrected chi connectivity index (χ1v) is 8.87. The molecule has 3 N–H and O–H groups in total. The van der Waals surface area contributed by atoms with Crippen LogP contribution in [0.5, 0.6) is 0 Å². The Morgan fingerprint density at radius 1 is 1.43 bits per heavy atom. The summed E-state index contributed by atoms with van der Waals surface area (Å²) in [6.07, 6.45) is 1.21. The van der Waals surface area contributed by atoms with Gasteiger partial charge < -0.3 is 11.1 Å². The van der Waals surface area contributed by atoms with Crippen LogP contribution in [0.1, 0.15) is 19.8 Å². The lowest BCUT2D eigenvalue weighted by Crippen LogP contribution is -2.41. The molecule has 116 valence electrons. The highest BCUT2D eigenvalue weighted by Crippen LogP contribution is 2.27. The normalized spacial score (nSPS) is 17.6. The highest BCUT2D eigenvalue weighted by atomic mass is 32.2. The Morgan fingerprint density at radius 2 is 2.05 bits per heavy atom. The van der Waals surface area contributed by atoms with Crippen LogP contribution in [0.2, 0.25) is 0 Å². The molecule has 2 rings (SSSR count). The standard InChI is InChI=1S/C10H15N5O3S3/c1-6(16)12-9-13-14-10(20-9)21(17,18)15-4-2-7(3-5-15)8(11)19/h7H,2-5H2,1H3,(H2,11,19)(H,12,13,16). The van der Waals surface area contributed by atoms with Crippen molar-refractivity contribution in [3.05, 3.63) is 0 Å². The van der Waals surface area contributed by atoms with Crippen molar-refractivity contribution in [3.8, 4) is 0 Å². The fraction of sp³-hybridized carbons (Fsp3) is 0.600. The third-order valence-corrected chi connectivity index (χ3v) is 6.52. The fourth-order valence-electron chi connectivity index (χ4n) is 2.01. The zero-order chi connectivity index (χ0) is 15.6. The molecule has 2 heterocycles. The van der Waals surface area contributed by atoms with E-state index in [-0.39, 0.29) is 21.3 Å². The van der Waals surface area contributed by atoms with Crippen molar-refractivity contribution in [2.24, 2.45) is 11.7 Å². The monoisotopic (exact) mass is 349 g/mol. The van der Waals surface area contributed by atoms with Gasteiger partial charge in [-0.25, -0.2) is 8.42 Å².